The van der Waals surface area contributed by atoms with Crippen molar-refractivity contribution < 1.29 is 0 Å². The molecule has 2 heteroatoms. The molecule has 0 saturated heterocycles. The van der Waals surface area contributed by atoms with Gasteiger partial charge in [0, 0.05) is 25.0 Å². The van der Waals surface area contributed by atoms with Crippen LogP contribution in [0.4, 0.5) is 0 Å². The summed E-state index contributed by atoms with van der Waals surface area (Å²) in [5.41, 5.74) is 1.33. The van der Waals surface area contributed by atoms with E-state index in [2.05, 4.69) is 35.1 Å². The van der Waals surface area contributed by atoms with Gasteiger partial charge in [-0.15, -0.1) is 0 Å². The summed E-state index contributed by atoms with van der Waals surface area (Å²) >= 11 is 0. The molecular weight excluding hydrogens is 124 g/mol. The SMILES string of the molecule is CNCCn1cccc1C. The first-order valence-corrected chi connectivity index (χ1v) is 3.61. The predicted octanol–water partition coefficient (Wildman–Crippen LogP) is 1.02. The van der Waals surface area contributed by atoms with Crippen LogP contribution < -0.4 is 5.32 Å². The molecule has 0 atom stereocenters. The highest BCUT2D eigenvalue weighted by atomic mass is 15.0. The molecule has 0 aliphatic heterocycles. The topological polar surface area (TPSA) is 17.0 Å². The minimum atomic E-state index is 1.04. The highest BCUT2D eigenvalue weighted by molar-refractivity contribution is 5.04. The molecule has 0 aliphatic rings. The van der Waals surface area contributed by atoms with Gasteiger partial charge in [0.15, 0.2) is 0 Å². The zero-order chi connectivity index (χ0) is 7.40. The van der Waals surface area contributed by atoms with Gasteiger partial charge in [0.1, 0.15) is 0 Å². The van der Waals surface area contributed by atoms with Gasteiger partial charge in [0.25, 0.3) is 0 Å². The van der Waals surface area contributed by atoms with E-state index in [1.165, 1.54) is 5.69 Å². The molecule has 0 aliphatic carbocycles. The second kappa shape index (κ2) is 3.42. The maximum atomic E-state index is 3.11. The van der Waals surface area contributed by atoms with Gasteiger partial charge in [-0.05, 0) is 26.1 Å². The summed E-state index contributed by atoms with van der Waals surface area (Å²) < 4.78 is 2.23. The van der Waals surface area contributed by atoms with Gasteiger partial charge in [-0.1, -0.05) is 0 Å². The number of likely N-dealkylation sites (N-methyl/N-ethyl adjacent to an activating group) is 1. The molecule has 0 radical (unpaired) electrons. The Hall–Kier alpha value is -0.760. The largest absolute Gasteiger partial charge is 0.350 e. The highest BCUT2D eigenvalue weighted by Gasteiger charge is 1.91. The lowest BCUT2D eigenvalue weighted by atomic mass is 10.5. The Morgan fingerprint density at radius 3 is 2.90 bits per heavy atom. The molecule has 56 valence electrons. The van der Waals surface area contributed by atoms with Crippen LogP contribution in [-0.4, -0.2) is 18.2 Å². The summed E-state index contributed by atoms with van der Waals surface area (Å²) in [4.78, 5) is 0. The van der Waals surface area contributed by atoms with E-state index in [4.69, 9.17) is 0 Å². The molecule has 1 heterocycles. The number of aromatic nitrogens is 1. The van der Waals surface area contributed by atoms with E-state index in [0.29, 0.717) is 0 Å². The Kier molecular flexibility index (Phi) is 2.51. The molecule has 0 unspecified atom stereocenters. The molecule has 0 saturated carbocycles. The Labute approximate surface area is 61.9 Å². The predicted molar refractivity (Wildman–Crippen MR) is 43.1 cm³/mol. The fourth-order valence-corrected chi connectivity index (χ4v) is 0.983. The minimum absolute atomic E-state index is 1.04. The van der Waals surface area contributed by atoms with Crippen molar-refractivity contribution in [2.24, 2.45) is 0 Å². The fourth-order valence-electron chi connectivity index (χ4n) is 0.983. The lowest BCUT2D eigenvalue weighted by Crippen LogP contribution is -2.14. The van der Waals surface area contributed by atoms with Crippen LogP contribution in [0.5, 0.6) is 0 Å². The number of hydrogen-bond donors (Lipinski definition) is 1. The maximum Gasteiger partial charge on any atom is 0.0347 e. The molecule has 1 rings (SSSR count). The molecule has 0 fully saturated rings. The summed E-state index contributed by atoms with van der Waals surface area (Å²) in [6.07, 6.45) is 2.10. The van der Waals surface area contributed by atoms with E-state index < -0.39 is 0 Å². The second-order valence-electron chi connectivity index (χ2n) is 2.45. The molecule has 1 N–H and O–H groups in total. The van der Waals surface area contributed by atoms with E-state index >= 15 is 0 Å². The van der Waals surface area contributed by atoms with E-state index in [-0.39, 0.29) is 0 Å². The van der Waals surface area contributed by atoms with Gasteiger partial charge in [-0.2, -0.15) is 0 Å². The van der Waals surface area contributed by atoms with Gasteiger partial charge >= 0.3 is 0 Å². The molecule has 1 aromatic heterocycles. The average Bonchev–Trinajstić information content (AvgIpc) is 2.31. The van der Waals surface area contributed by atoms with Crippen LogP contribution >= 0.6 is 0 Å². The van der Waals surface area contributed by atoms with Crippen molar-refractivity contribution in [2.75, 3.05) is 13.6 Å². The monoisotopic (exact) mass is 138 g/mol. The first kappa shape index (κ1) is 7.35. The van der Waals surface area contributed by atoms with Crippen LogP contribution in [0.25, 0.3) is 0 Å². The van der Waals surface area contributed by atoms with Crippen molar-refractivity contribution >= 4 is 0 Å². The van der Waals surface area contributed by atoms with E-state index in [1.807, 2.05) is 7.05 Å². The number of hydrogen-bond acceptors (Lipinski definition) is 1. The minimum Gasteiger partial charge on any atom is -0.350 e. The van der Waals surface area contributed by atoms with Crippen molar-refractivity contribution in [2.45, 2.75) is 13.5 Å². The third-order valence-corrected chi connectivity index (χ3v) is 1.66. The van der Waals surface area contributed by atoms with Gasteiger partial charge in [-0.3, -0.25) is 0 Å². The Morgan fingerprint density at radius 1 is 1.60 bits per heavy atom. The maximum absolute atomic E-state index is 3.11. The standard InChI is InChI=1S/C8H14N2/c1-8-4-3-6-10(8)7-5-9-2/h3-4,6,9H,5,7H2,1-2H3. The molecular formula is C8H14N2. The summed E-state index contributed by atoms with van der Waals surface area (Å²) in [5, 5.41) is 3.11. The van der Waals surface area contributed by atoms with E-state index in [9.17, 15) is 0 Å². The zero-order valence-electron chi connectivity index (χ0n) is 6.59. The smallest absolute Gasteiger partial charge is 0.0347 e. The van der Waals surface area contributed by atoms with Crippen LogP contribution in [0.15, 0.2) is 18.3 Å². The van der Waals surface area contributed by atoms with Crippen LogP contribution in [0, 0.1) is 6.92 Å². The number of rotatable bonds is 3. The number of nitrogens with one attached hydrogen (secondary N) is 1. The molecule has 0 bridgehead atoms. The molecule has 0 amide bonds. The highest BCUT2D eigenvalue weighted by Crippen LogP contribution is 1.97. The third kappa shape index (κ3) is 1.61. The van der Waals surface area contributed by atoms with Crippen LogP contribution in [0.3, 0.4) is 0 Å². The van der Waals surface area contributed by atoms with Crippen molar-refractivity contribution in [3.63, 3.8) is 0 Å². The van der Waals surface area contributed by atoms with Gasteiger partial charge < -0.3 is 9.88 Å². The van der Waals surface area contributed by atoms with Crippen molar-refractivity contribution in [1.29, 1.82) is 0 Å². The fraction of sp³-hybridized carbons (Fsp3) is 0.500. The summed E-state index contributed by atoms with van der Waals surface area (Å²) in [6.45, 7) is 4.22. The second-order valence-corrected chi connectivity index (χ2v) is 2.45. The molecule has 0 aromatic carbocycles. The molecule has 0 spiro atoms. The quantitative estimate of drug-likeness (QED) is 0.659. The lowest BCUT2D eigenvalue weighted by molar-refractivity contribution is 0.635. The zero-order valence-corrected chi connectivity index (χ0v) is 6.59. The Bertz CT molecular complexity index is 191. The Balaban J connectivity index is 2.49. The molecule has 10 heavy (non-hydrogen) atoms. The third-order valence-electron chi connectivity index (χ3n) is 1.66. The normalized spacial score (nSPS) is 10.2. The van der Waals surface area contributed by atoms with Crippen LogP contribution in [-0.2, 0) is 6.54 Å². The van der Waals surface area contributed by atoms with E-state index in [0.717, 1.165) is 13.1 Å². The van der Waals surface area contributed by atoms with Crippen LogP contribution in [0.2, 0.25) is 0 Å². The summed E-state index contributed by atoms with van der Waals surface area (Å²) in [6, 6.07) is 4.20. The first-order chi connectivity index (χ1) is 4.84. The summed E-state index contributed by atoms with van der Waals surface area (Å²) in [5.74, 6) is 0. The van der Waals surface area contributed by atoms with E-state index in [1.54, 1.807) is 0 Å². The first-order valence-electron chi connectivity index (χ1n) is 3.61. The van der Waals surface area contributed by atoms with Gasteiger partial charge in [0.05, 0.1) is 0 Å². The van der Waals surface area contributed by atoms with Crippen molar-refractivity contribution in [3.8, 4) is 0 Å². The van der Waals surface area contributed by atoms with Gasteiger partial charge in [0.2, 0.25) is 0 Å². The Morgan fingerprint density at radius 2 is 2.40 bits per heavy atom. The lowest BCUT2D eigenvalue weighted by Gasteiger charge is -2.03. The molecule has 1 aromatic rings. The number of aryl methyl sites for hydroxylation is 1. The van der Waals surface area contributed by atoms with Gasteiger partial charge in [-0.25, -0.2) is 0 Å². The summed E-state index contributed by atoms with van der Waals surface area (Å²) in [7, 11) is 1.97. The van der Waals surface area contributed by atoms with Crippen LogP contribution in [0.1, 0.15) is 5.69 Å². The number of nitrogens with zero attached hydrogens (tertiary/aromatic N) is 1. The van der Waals surface area contributed by atoms with Crippen molar-refractivity contribution in [1.82, 2.24) is 9.88 Å². The van der Waals surface area contributed by atoms with Crippen molar-refractivity contribution in [3.05, 3.63) is 24.0 Å². The molecule has 2 nitrogen and oxygen atoms in total. The average molecular weight is 138 g/mol.